The number of rotatable bonds is 10. The van der Waals surface area contributed by atoms with Crippen molar-refractivity contribution in [2.24, 2.45) is 0 Å². The SMILES string of the molecule is O=c1ccn([C@@H]2O[C@H](COC(c3ccccc3)(c3ccccc3)c3ccccc3)[C@H]3OP(c4ccccc4)(c4ccccc4)(c4ccccc4)O[C@H]32)c(=O)[nH]1. The second-order valence-corrected chi connectivity index (χ2v) is 17.7. The third-order valence-electron chi connectivity index (χ3n) is 10.7. The van der Waals surface area contributed by atoms with Crippen LogP contribution in [0.3, 0.4) is 0 Å². The maximum absolute atomic E-state index is 13.6. The standard InChI is InChI=1S/C46H39N2O6P/c49-41-31-32-48(45(50)47-41)44-43-42(53-55(54-43,37-25-13-4-14-26-37,38-27-15-5-16-28-38)39-29-17-6-18-30-39)40(52-44)33-51-46(34-19-7-1-8-20-34,35-21-9-2-10-22-35)36-23-11-3-12-24-36/h1-32,40,42-44H,33H2,(H,47,49,50)/t40-,42-,43-,44-/m1/s1. The molecule has 7 aromatic rings. The number of hydrogen-bond donors (Lipinski definition) is 1. The van der Waals surface area contributed by atoms with Crippen LogP contribution in [0.1, 0.15) is 22.9 Å². The van der Waals surface area contributed by atoms with E-state index in [-0.39, 0.29) is 6.61 Å². The molecule has 8 nitrogen and oxygen atoms in total. The first-order valence-electron chi connectivity index (χ1n) is 18.4. The predicted octanol–water partition coefficient (Wildman–Crippen LogP) is 6.59. The molecule has 0 amide bonds. The summed E-state index contributed by atoms with van der Waals surface area (Å²) in [7, 11) is -4.28. The van der Waals surface area contributed by atoms with Crippen molar-refractivity contribution in [1.82, 2.24) is 9.55 Å². The van der Waals surface area contributed by atoms with Crippen molar-refractivity contribution in [2.45, 2.75) is 30.1 Å². The fourth-order valence-corrected chi connectivity index (χ4v) is 13.5. The molecular formula is C46H39N2O6P. The molecule has 9 rings (SSSR count). The molecule has 0 saturated carbocycles. The van der Waals surface area contributed by atoms with E-state index in [9.17, 15) is 9.59 Å². The molecule has 1 aromatic heterocycles. The van der Waals surface area contributed by atoms with Gasteiger partial charge < -0.3 is 0 Å². The molecule has 6 aromatic carbocycles. The van der Waals surface area contributed by atoms with Gasteiger partial charge in [-0.15, -0.1) is 0 Å². The van der Waals surface area contributed by atoms with E-state index in [0.29, 0.717) is 0 Å². The Balaban J connectivity index is 1.24. The monoisotopic (exact) mass is 746 g/mol. The van der Waals surface area contributed by atoms with Crippen molar-refractivity contribution in [1.29, 1.82) is 0 Å². The van der Waals surface area contributed by atoms with Crippen molar-refractivity contribution < 1.29 is 18.5 Å². The Morgan fingerprint density at radius 1 is 0.545 bits per heavy atom. The summed E-state index contributed by atoms with van der Waals surface area (Å²) in [4.78, 5) is 28.3. The van der Waals surface area contributed by atoms with Gasteiger partial charge in [0.15, 0.2) is 0 Å². The van der Waals surface area contributed by atoms with Crippen LogP contribution in [0, 0.1) is 0 Å². The number of nitrogens with zero attached hydrogens (tertiary/aromatic N) is 1. The Bertz CT molecular complexity index is 2310. The first-order chi connectivity index (χ1) is 27.0. The van der Waals surface area contributed by atoms with E-state index in [4.69, 9.17) is 18.5 Å². The second-order valence-electron chi connectivity index (χ2n) is 13.8. The summed E-state index contributed by atoms with van der Waals surface area (Å²) in [6.45, 7) is 0.0582. The summed E-state index contributed by atoms with van der Waals surface area (Å²) < 4.78 is 31.0. The minimum absolute atomic E-state index is 0.0582. The van der Waals surface area contributed by atoms with Crippen LogP contribution in [0.5, 0.6) is 0 Å². The fraction of sp³-hybridized carbons (Fsp3) is 0.130. The Labute approximate surface area is 318 Å². The zero-order chi connectivity index (χ0) is 37.3. The molecule has 2 aliphatic heterocycles. The number of H-pyrrole nitrogens is 1. The van der Waals surface area contributed by atoms with Gasteiger partial charge in [0.25, 0.3) is 0 Å². The Kier molecular flexibility index (Phi) is 9.01. The van der Waals surface area contributed by atoms with Crippen molar-refractivity contribution in [2.75, 3.05) is 6.61 Å². The van der Waals surface area contributed by atoms with Gasteiger partial charge in [-0.05, 0) is 0 Å². The van der Waals surface area contributed by atoms with Gasteiger partial charge in [0.1, 0.15) is 0 Å². The van der Waals surface area contributed by atoms with Gasteiger partial charge in [0.05, 0.1) is 0 Å². The Hall–Kier alpha value is -5.73. The molecule has 0 aliphatic carbocycles. The van der Waals surface area contributed by atoms with Crippen molar-refractivity contribution in [3.63, 3.8) is 0 Å². The van der Waals surface area contributed by atoms with E-state index in [2.05, 4.69) is 77.8 Å². The zero-order valence-corrected chi connectivity index (χ0v) is 30.7. The number of hydrogen-bond acceptors (Lipinski definition) is 6. The second kappa shape index (κ2) is 14.2. The average molecular weight is 747 g/mol. The molecule has 3 heterocycles. The molecule has 0 spiro atoms. The molecule has 0 radical (unpaired) electrons. The van der Waals surface area contributed by atoms with Crippen LogP contribution in [-0.4, -0.2) is 34.5 Å². The molecule has 55 heavy (non-hydrogen) atoms. The molecule has 0 unspecified atom stereocenters. The summed E-state index contributed by atoms with van der Waals surface area (Å²) in [5.41, 5.74) is 0.665. The van der Waals surface area contributed by atoms with Crippen LogP contribution >= 0.6 is 7.06 Å². The van der Waals surface area contributed by atoms with Gasteiger partial charge in [0, 0.05) is 0 Å². The minimum atomic E-state index is -4.28. The van der Waals surface area contributed by atoms with E-state index in [1.807, 2.05) is 109 Å². The Morgan fingerprint density at radius 2 is 0.945 bits per heavy atom. The van der Waals surface area contributed by atoms with Gasteiger partial charge in [-0.25, -0.2) is 0 Å². The van der Waals surface area contributed by atoms with Gasteiger partial charge >= 0.3 is 320 Å². The van der Waals surface area contributed by atoms with Gasteiger partial charge in [-0.3, -0.25) is 0 Å². The first-order valence-corrected chi connectivity index (χ1v) is 20.4. The molecule has 2 aliphatic rings. The van der Waals surface area contributed by atoms with Crippen LogP contribution in [0.4, 0.5) is 0 Å². The van der Waals surface area contributed by atoms with Crippen LogP contribution < -0.4 is 27.2 Å². The van der Waals surface area contributed by atoms with Gasteiger partial charge in [0.2, 0.25) is 0 Å². The number of nitrogens with one attached hydrogen (secondary N) is 1. The van der Waals surface area contributed by atoms with Gasteiger partial charge in [-0.1, -0.05) is 0 Å². The van der Waals surface area contributed by atoms with Crippen LogP contribution in [0.25, 0.3) is 0 Å². The van der Waals surface area contributed by atoms with Crippen molar-refractivity contribution in [3.05, 3.63) is 232 Å². The average Bonchev–Trinajstić information content (AvgIpc) is 3.79. The van der Waals surface area contributed by atoms with E-state index < -0.39 is 48.4 Å². The molecule has 0 bridgehead atoms. The molecule has 4 atom stereocenters. The topological polar surface area (TPSA) is 91.8 Å². The Morgan fingerprint density at radius 3 is 1.36 bits per heavy atom. The first kappa shape index (κ1) is 35.0. The molecule has 9 heteroatoms. The van der Waals surface area contributed by atoms with E-state index >= 15 is 0 Å². The van der Waals surface area contributed by atoms with Crippen molar-refractivity contribution in [3.8, 4) is 0 Å². The van der Waals surface area contributed by atoms with E-state index in [0.717, 1.165) is 32.6 Å². The number of aromatic amines is 1. The summed E-state index contributed by atoms with van der Waals surface area (Å²) in [5, 5.41) is 2.62. The summed E-state index contributed by atoms with van der Waals surface area (Å²) in [6.07, 6.45) is -1.76. The number of aromatic nitrogens is 2. The zero-order valence-electron chi connectivity index (χ0n) is 29.8. The molecule has 1 N–H and O–H groups in total. The van der Waals surface area contributed by atoms with Crippen LogP contribution in [0.2, 0.25) is 0 Å². The summed E-state index contributed by atoms with van der Waals surface area (Å²) in [6, 6.07) is 62.0. The quantitative estimate of drug-likeness (QED) is 0.126. The summed E-state index contributed by atoms with van der Waals surface area (Å²) in [5.74, 6) is 0. The number of fused-ring (bicyclic) bond motifs is 1. The number of ether oxygens (including phenoxy) is 2. The summed E-state index contributed by atoms with van der Waals surface area (Å²) >= 11 is 0. The van der Waals surface area contributed by atoms with Crippen LogP contribution in [0.15, 0.2) is 204 Å². The van der Waals surface area contributed by atoms with E-state index in [1.54, 1.807) is 0 Å². The molecular weight excluding hydrogens is 707 g/mol. The molecule has 274 valence electrons. The van der Waals surface area contributed by atoms with Crippen LogP contribution in [-0.2, 0) is 24.1 Å². The third kappa shape index (κ3) is 5.65. The molecule has 2 saturated heterocycles. The van der Waals surface area contributed by atoms with E-state index in [1.165, 1.54) is 16.8 Å². The molecule has 2 fully saturated rings. The van der Waals surface area contributed by atoms with Crippen molar-refractivity contribution >= 4 is 23.0 Å². The predicted molar refractivity (Wildman–Crippen MR) is 215 cm³/mol. The maximum atomic E-state index is 13.6. The number of benzene rings is 6. The fourth-order valence-electron chi connectivity index (χ4n) is 8.31. The normalized spacial score (nSPS) is 21.9. The van der Waals surface area contributed by atoms with Gasteiger partial charge in [-0.2, -0.15) is 0 Å². The third-order valence-corrected chi connectivity index (χ3v) is 15.7.